The molecule has 4 N–H and O–H groups in total. The molecule has 1 unspecified atom stereocenters. The quantitative estimate of drug-likeness (QED) is 0.677. The predicted octanol–water partition coefficient (Wildman–Crippen LogP) is 2.51. The van der Waals surface area contributed by atoms with Crippen molar-refractivity contribution in [3.8, 4) is 0 Å². The first-order valence-electron chi connectivity index (χ1n) is 7.73. The number of hydrogen-bond acceptors (Lipinski definition) is 6. The maximum atomic E-state index is 12.6. The van der Waals surface area contributed by atoms with Crippen LogP contribution in [0.4, 0.5) is 11.6 Å². The second-order valence-electron chi connectivity index (χ2n) is 5.56. The van der Waals surface area contributed by atoms with Crippen LogP contribution in [0.3, 0.4) is 0 Å². The number of nitrogen functional groups attached to an aromatic ring is 1. The van der Waals surface area contributed by atoms with Crippen molar-refractivity contribution in [3.63, 3.8) is 0 Å². The molecule has 0 saturated carbocycles. The Morgan fingerprint density at radius 2 is 2.12 bits per heavy atom. The van der Waals surface area contributed by atoms with Crippen LogP contribution < -0.4 is 16.7 Å². The van der Waals surface area contributed by atoms with Crippen molar-refractivity contribution in [2.45, 2.75) is 19.8 Å². The number of nitrogens with one attached hydrogen (secondary N) is 2. The van der Waals surface area contributed by atoms with Crippen molar-refractivity contribution in [2.75, 3.05) is 17.7 Å². The highest BCUT2D eigenvalue weighted by molar-refractivity contribution is 9.10. The number of anilines is 2. The van der Waals surface area contributed by atoms with Crippen LogP contribution in [0.1, 0.15) is 30.9 Å². The number of H-pyrrole nitrogens is 1. The summed E-state index contributed by atoms with van der Waals surface area (Å²) in [6.45, 7) is 3.75. The van der Waals surface area contributed by atoms with Crippen molar-refractivity contribution in [2.24, 2.45) is 0 Å². The van der Waals surface area contributed by atoms with E-state index in [1.807, 2.05) is 24.3 Å². The van der Waals surface area contributed by atoms with Gasteiger partial charge in [0.25, 0.3) is 0 Å². The zero-order valence-corrected chi connectivity index (χ0v) is 15.3. The van der Waals surface area contributed by atoms with E-state index in [1.54, 1.807) is 13.8 Å². The number of nitrogens with two attached hydrogens (primary N) is 1. The number of aromatic amines is 1. The Bertz CT molecular complexity index is 936. The number of esters is 1. The van der Waals surface area contributed by atoms with Crippen molar-refractivity contribution in [3.05, 3.63) is 61.6 Å². The van der Waals surface area contributed by atoms with Crippen LogP contribution in [0, 0.1) is 0 Å². The van der Waals surface area contributed by atoms with Gasteiger partial charge in [-0.15, -0.1) is 0 Å². The maximum Gasteiger partial charge on any atom is 0.348 e. The van der Waals surface area contributed by atoms with E-state index in [-0.39, 0.29) is 12.4 Å². The first kappa shape index (κ1) is 17.2. The van der Waals surface area contributed by atoms with Gasteiger partial charge in [0.2, 0.25) is 0 Å². The van der Waals surface area contributed by atoms with Gasteiger partial charge >= 0.3 is 11.7 Å². The molecule has 0 saturated heterocycles. The highest BCUT2D eigenvalue weighted by Gasteiger charge is 2.36. The average molecular weight is 405 g/mol. The Morgan fingerprint density at radius 3 is 2.80 bits per heavy atom. The van der Waals surface area contributed by atoms with Crippen LogP contribution in [0.25, 0.3) is 0 Å². The first-order chi connectivity index (χ1) is 11.9. The van der Waals surface area contributed by atoms with Crippen LogP contribution in [0.15, 0.2) is 44.8 Å². The number of rotatable bonds is 3. The van der Waals surface area contributed by atoms with Crippen LogP contribution in [-0.4, -0.2) is 22.5 Å². The van der Waals surface area contributed by atoms with Crippen molar-refractivity contribution < 1.29 is 9.53 Å². The average Bonchev–Trinajstić information content (AvgIpc) is 2.53. The molecule has 0 fully saturated rings. The number of nitrogens with zero attached hydrogens (tertiary/aromatic N) is 1. The molecule has 130 valence electrons. The summed E-state index contributed by atoms with van der Waals surface area (Å²) in [4.78, 5) is 30.8. The third-order valence-corrected chi connectivity index (χ3v) is 4.72. The van der Waals surface area contributed by atoms with E-state index < -0.39 is 17.6 Å². The minimum absolute atomic E-state index is 0.164. The zero-order chi connectivity index (χ0) is 18.1. The van der Waals surface area contributed by atoms with E-state index in [0.717, 1.165) is 10.0 Å². The summed E-state index contributed by atoms with van der Waals surface area (Å²) in [6, 6.07) is 7.52. The molecule has 0 bridgehead atoms. The van der Waals surface area contributed by atoms with Crippen molar-refractivity contribution >= 4 is 33.5 Å². The van der Waals surface area contributed by atoms with Gasteiger partial charge in [-0.1, -0.05) is 34.1 Å². The summed E-state index contributed by atoms with van der Waals surface area (Å²) in [7, 11) is 0. The second kappa shape index (κ2) is 6.72. The monoisotopic (exact) mass is 404 g/mol. The fraction of sp³-hybridized carbons (Fsp3) is 0.235. The topological polar surface area (TPSA) is 110 Å². The minimum atomic E-state index is -0.554. The van der Waals surface area contributed by atoms with E-state index in [1.165, 1.54) is 0 Å². The van der Waals surface area contributed by atoms with Gasteiger partial charge in [0.05, 0.1) is 18.1 Å². The fourth-order valence-corrected chi connectivity index (χ4v) is 3.51. The van der Waals surface area contributed by atoms with Crippen molar-refractivity contribution in [1.29, 1.82) is 0 Å². The van der Waals surface area contributed by atoms with Gasteiger partial charge in [-0.3, -0.25) is 4.98 Å². The van der Waals surface area contributed by atoms with Gasteiger partial charge in [0.15, 0.2) is 0 Å². The lowest BCUT2D eigenvalue weighted by molar-refractivity contribution is -0.138. The van der Waals surface area contributed by atoms with E-state index in [9.17, 15) is 9.59 Å². The van der Waals surface area contributed by atoms with Crippen LogP contribution in [0.2, 0.25) is 0 Å². The largest absolute Gasteiger partial charge is 0.463 e. The van der Waals surface area contributed by atoms with Gasteiger partial charge in [-0.05, 0) is 25.5 Å². The van der Waals surface area contributed by atoms with Crippen LogP contribution >= 0.6 is 15.9 Å². The molecule has 8 heteroatoms. The van der Waals surface area contributed by atoms with Crippen molar-refractivity contribution in [1.82, 2.24) is 9.97 Å². The van der Waals surface area contributed by atoms with Crippen LogP contribution in [-0.2, 0) is 9.53 Å². The molecule has 1 aromatic heterocycles. The summed E-state index contributed by atoms with van der Waals surface area (Å²) >= 11 is 3.53. The molecular formula is C17H17BrN4O3. The number of allylic oxidation sites excluding steroid dienone is 1. The zero-order valence-electron chi connectivity index (χ0n) is 13.7. The lowest BCUT2D eigenvalue weighted by Gasteiger charge is -2.30. The molecule has 1 atom stereocenters. The minimum Gasteiger partial charge on any atom is -0.463 e. The Hall–Kier alpha value is -2.61. The van der Waals surface area contributed by atoms with Gasteiger partial charge in [-0.25, -0.2) is 9.59 Å². The smallest absolute Gasteiger partial charge is 0.348 e. The summed E-state index contributed by atoms with van der Waals surface area (Å²) in [5, 5.41) is 3.00. The molecule has 2 heterocycles. The highest BCUT2D eigenvalue weighted by Crippen LogP contribution is 2.44. The standard InChI is InChI=1S/C17H17BrN4O3/c1-3-25-16(23)11-8(2)20-15-13(14(19)21-17(24)22-15)12(11)9-6-4-5-7-10(9)18/h4-7,12H,3H2,1-2H3,(H4,19,20,21,22,24). The normalized spacial score (nSPS) is 16.2. The Labute approximate surface area is 152 Å². The number of ether oxygens (including phenoxy) is 1. The molecule has 1 aromatic carbocycles. The van der Waals surface area contributed by atoms with Gasteiger partial charge < -0.3 is 15.8 Å². The lowest BCUT2D eigenvalue weighted by Crippen LogP contribution is -2.29. The first-order valence-corrected chi connectivity index (χ1v) is 8.52. The summed E-state index contributed by atoms with van der Waals surface area (Å²) in [5.41, 5.74) is 7.90. The van der Waals surface area contributed by atoms with E-state index in [0.29, 0.717) is 22.7 Å². The number of carbonyl (C=O) groups excluding carboxylic acids is 1. The fourth-order valence-electron chi connectivity index (χ4n) is 2.99. The Kier molecular flexibility index (Phi) is 4.63. The molecule has 0 radical (unpaired) electrons. The summed E-state index contributed by atoms with van der Waals surface area (Å²) < 4.78 is 6.05. The summed E-state index contributed by atoms with van der Waals surface area (Å²) in [5.74, 6) is -0.454. The summed E-state index contributed by atoms with van der Waals surface area (Å²) in [6.07, 6.45) is 0. The lowest BCUT2D eigenvalue weighted by atomic mass is 9.82. The highest BCUT2D eigenvalue weighted by atomic mass is 79.9. The SMILES string of the molecule is CCOC(=O)C1=C(C)Nc2nc(=O)[nH]c(N)c2C1c1ccccc1Br. The molecule has 7 nitrogen and oxygen atoms in total. The molecule has 2 aromatic rings. The molecule has 0 spiro atoms. The van der Waals surface area contributed by atoms with Gasteiger partial charge in [0.1, 0.15) is 11.6 Å². The second-order valence-corrected chi connectivity index (χ2v) is 6.41. The predicted molar refractivity (Wildman–Crippen MR) is 98.2 cm³/mol. The molecule has 0 aliphatic carbocycles. The molecule has 3 rings (SSSR count). The van der Waals surface area contributed by atoms with E-state index in [4.69, 9.17) is 10.5 Å². The number of aromatic nitrogens is 2. The van der Waals surface area contributed by atoms with Gasteiger partial charge in [0, 0.05) is 15.7 Å². The maximum absolute atomic E-state index is 12.6. The van der Waals surface area contributed by atoms with E-state index in [2.05, 4.69) is 31.2 Å². The number of fused-ring (bicyclic) bond motifs is 1. The Balaban J connectivity index is 2.30. The van der Waals surface area contributed by atoms with Gasteiger partial charge in [-0.2, -0.15) is 4.98 Å². The van der Waals surface area contributed by atoms with E-state index >= 15 is 0 Å². The third-order valence-electron chi connectivity index (χ3n) is 4.00. The third kappa shape index (κ3) is 3.05. The number of hydrogen-bond donors (Lipinski definition) is 3. The number of carbonyl (C=O) groups is 1. The number of benzene rings is 1. The number of halogens is 1. The molecule has 25 heavy (non-hydrogen) atoms. The molecule has 0 amide bonds. The Morgan fingerprint density at radius 1 is 1.40 bits per heavy atom. The van der Waals surface area contributed by atoms with Crippen LogP contribution in [0.5, 0.6) is 0 Å². The molecular weight excluding hydrogens is 388 g/mol. The molecule has 1 aliphatic heterocycles. The molecule has 1 aliphatic rings.